The van der Waals surface area contributed by atoms with Gasteiger partial charge in [-0.3, -0.25) is 9.80 Å². The second-order valence-electron chi connectivity index (χ2n) is 11.1. The Balaban J connectivity index is 1.46. The smallest absolute Gasteiger partial charge is 0.325 e. The number of piperidine rings is 1. The number of hydrogen-bond donors (Lipinski definition) is 0. The van der Waals surface area contributed by atoms with Crippen molar-refractivity contribution in [3.8, 4) is 17.2 Å². The molecule has 0 saturated carbocycles. The fourth-order valence-corrected chi connectivity index (χ4v) is 7.08. The minimum absolute atomic E-state index is 0.137. The molecule has 2 fully saturated rings. The van der Waals surface area contributed by atoms with E-state index in [-0.39, 0.29) is 11.6 Å². The Bertz CT molecular complexity index is 1230. The molecule has 3 aliphatic rings. The van der Waals surface area contributed by atoms with Crippen LogP contribution in [0.25, 0.3) is 0 Å². The lowest BCUT2D eigenvalue weighted by Crippen LogP contribution is -2.53. The molecular formula is C32H43N3O4. The molecule has 7 nitrogen and oxygen atoms in total. The lowest BCUT2D eigenvalue weighted by molar-refractivity contribution is 0.0887. The van der Waals surface area contributed by atoms with E-state index in [4.69, 9.17) is 14.2 Å². The van der Waals surface area contributed by atoms with Crippen molar-refractivity contribution in [2.45, 2.75) is 71.0 Å². The molecule has 7 heteroatoms. The van der Waals surface area contributed by atoms with Crippen LogP contribution < -0.4 is 14.2 Å². The summed E-state index contributed by atoms with van der Waals surface area (Å²) in [6.07, 6.45) is 6.46. The monoisotopic (exact) mass is 533 g/mol. The van der Waals surface area contributed by atoms with Crippen molar-refractivity contribution in [2.24, 2.45) is 0 Å². The van der Waals surface area contributed by atoms with E-state index in [2.05, 4.69) is 65.8 Å². The summed E-state index contributed by atoms with van der Waals surface area (Å²) in [6, 6.07) is 10.5. The van der Waals surface area contributed by atoms with Crippen LogP contribution in [0.1, 0.15) is 67.7 Å². The summed E-state index contributed by atoms with van der Waals surface area (Å²) in [5.74, 6) is 2.77. The van der Waals surface area contributed by atoms with Crippen LogP contribution in [0.5, 0.6) is 17.2 Å². The fraction of sp³-hybridized carbons (Fsp3) is 0.531. The van der Waals surface area contributed by atoms with Crippen LogP contribution in [0.3, 0.4) is 0 Å². The molecule has 0 radical (unpaired) electrons. The van der Waals surface area contributed by atoms with Crippen molar-refractivity contribution >= 4 is 6.03 Å². The van der Waals surface area contributed by atoms with Crippen molar-refractivity contribution in [3.63, 3.8) is 0 Å². The zero-order valence-corrected chi connectivity index (χ0v) is 24.4. The first-order valence-electron chi connectivity index (χ1n) is 14.3. The Kier molecular flexibility index (Phi) is 7.81. The first-order chi connectivity index (χ1) is 18.9. The Morgan fingerprint density at radius 2 is 1.56 bits per heavy atom. The van der Waals surface area contributed by atoms with Gasteiger partial charge in [0.1, 0.15) is 17.2 Å². The summed E-state index contributed by atoms with van der Waals surface area (Å²) < 4.78 is 16.6. The number of nitrogens with zero attached hydrogens (tertiary/aromatic N) is 3. The summed E-state index contributed by atoms with van der Waals surface area (Å²) in [5.41, 5.74) is 5.95. The van der Waals surface area contributed by atoms with Gasteiger partial charge in [0, 0.05) is 43.9 Å². The number of fused-ring (bicyclic) bond motifs is 3. The number of urea groups is 1. The van der Waals surface area contributed by atoms with E-state index in [0.29, 0.717) is 19.0 Å². The molecule has 210 valence electrons. The van der Waals surface area contributed by atoms with Crippen LogP contribution in [0.4, 0.5) is 4.79 Å². The second kappa shape index (κ2) is 11.1. The minimum atomic E-state index is -0.263. The number of carbonyl (C=O) groups excluding carboxylic acids is 1. The largest absolute Gasteiger partial charge is 0.497 e. The van der Waals surface area contributed by atoms with Gasteiger partial charge in [-0.05, 0) is 79.6 Å². The first-order valence-corrected chi connectivity index (χ1v) is 14.3. The van der Waals surface area contributed by atoms with E-state index in [1.165, 1.54) is 28.0 Å². The Labute approximate surface area is 233 Å². The van der Waals surface area contributed by atoms with Crippen LogP contribution >= 0.6 is 0 Å². The van der Waals surface area contributed by atoms with Crippen LogP contribution in [0.15, 0.2) is 42.1 Å². The van der Waals surface area contributed by atoms with Crippen molar-refractivity contribution < 1.29 is 19.0 Å². The van der Waals surface area contributed by atoms with E-state index in [0.717, 1.165) is 62.6 Å². The minimum Gasteiger partial charge on any atom is -0.497 e. The maximum absolute atomic E-state index is 14.0. The fourth-order valence-electron chi connectivity index (χ4n) is 7.08. The Hall–Kier alpha value is -3.19. The van der Waals surface area contributed by atoms with Gasteiger partial charge in [-0.25, -0.2) is 4.79 Å². The third-order valence-corrected chi connectivity index (χ3v) is 8.90. The third-order valence-electron chi connectivity index (χ3n) is 8.90. The molecule has 5 rings (SSSR count). The molecular weight excluding hydrogens is 490 g/mol. The standard InChI is InChI=1S/C32H43N3O4/c1-7-9-24-18-29-32(10-12-33(13-11-32)20-23-15-27(38-5)19-28(16-23)39-6)35(8-2)31(36)34(29)21-25-17-26(37-4)14-22(3)30(24)25/h14-19,24H,7-13,20-21H2,1-6H3. The van der Waals surface area contributed by atoms with Crippen LogP contribution in [0, 0.1) is 6.92 Å². The number of aryl methyl sites for hydroxylation is 1. The van der Waals surface area contributed by atoms with Crippen molar-refractivity contribution in [2.75, 3.05) is 41.0 Å². The van der Waals surface area contributed by atoms with E-state index in [1.54, 1.807) is 21.3 Å². The number of rotatable bonds is 8. The van der Waals surface area contributed by atoms with Crippen molar-refractivity contribution in [1.82, 2.24) is 14.7 Å². The number of methoxy groups -OCH3 is 3. The van der Waals surface area contributed by atoms with Crippen LogP contribution in [-0.2, 0) is 13.1 Å². The molecule has 39 heavy (non-hydrogen) atoms. The summed E-state index contributed by atoms with van der Waals surface area (Å²) in [7, 11) is 5.09. The van der Waals surface area contributed by atoms with E-state index in [1.807, 2.05) is 6.07 Å². The number of benzene rings is 2. The van der Waals surface area contributed by atoms with Crippen molar-refractivity contribution in [1.29, 1.82) is 0 Å². The van der Waals surface area contributed by atoms with E-state index < -0.39 is 0 Å². The van der Waals surface area contributed by atoms with Gasteiger partial charge in [0.15, 0.2) is 0 Å². The summed E-state index contributed by atoms with van der Waals surface area (Å²) in [5, 5.41) is 0. The molecule has 0 aromatic heterocycles. The van der Waals surface area contributed by atoms with Gasteiger partial charge in [0.25, 0.3) is 0 Å². The Morgan fingerprint density at radius 1 is 0.923 bits per heavy atom. The zero-order valence-electron chi connectivity index (χ0n) is 24.4. The maximum Gasteiger partial charge on any atom is 0.325 e. The van der Waals surface area contributed by atoms with Crippen LogP contribution in [0.2, 0.25) is 0 Å². The quantitative estimate of drug-likeness (QED) is 0.411. The highest BCUT2D eigenvalue weighted by atomic mass is 16.5. The van der Waals surface area contributed by atoms with Gasteiger partial charge >= 0.3 is 6.03 Å². The molecule has 3 heterocycles. The number of hydrogen-bond acceptors (Lipinski definition) is 5. The van der Waals surface area contributed by atoms with Gasteiger partial charge in [-0.1, -0.05) is 19.4 Å². The molecule has 0 aliphatic carbocycles. The summed E-state index contributed by atoms with van der Waals surface area (Å²) in [4.78, 5) is 20.7. The number of likely N-dealkylation sites (tertiary alicyclic amines) is 1. The number of amides is 2. The highest BCUT2D eigenvalue weighted by Gasteiger charge is 2.54. The molecule has 0 bridgehead atoms. The first kappa shape index (κ1) is 27.4. The molecule has 2 aromatic carbocycles. The lowest BCUT2D eigenvalue weighted by atomic mass is 9.80. The predicted molar refractivity (Wildman–Crippen MR) is 154 cm³/mol. The number of likely N-dealkylation sites (N-methyl/N-ethyl adjacent to an activating group) is 1. The van der Waals surface area contributed by atoms with Crippen LogP contribution in [-0.4, -0.2) is 67.2 Å². The van der Waals surface area contributed by atoms with E-state index >= 15 is 0 Å². The predicted octanol–water partition coefficient (Wildman–Crippen LogP) is 6.09. The number of carbonyl (C=O) groups is 1. The molecule has 3 aliphatic heterocycles. The number of ether oxygens (including phenoxy) is 3. The summed E-state index contributed by atoms with van der Waals surface area (Å²) >= 11 is 0. The van der Waals surface area contributed by atoms with Gasteiger partial charge in [-0.2, -0.15) is 0 Å². The van der Waals surface area contributed by atoms with Gasteiger partial charge < -0.3 is 19.1 Å². The van der Waals surface area contributed by atoms with Gasteiger partial charge in [-0.15, -0.1) is 0 Å². The highest BCUT2D eigenvalue weighted by Crippen LogP contribution is 2.49. The average molecular weight is 534 g/mol. The molecule has 2 aromatic rings. The molecule has 1 atom stereocenters. The SMILES string of the molecule is CCCC1C=C2N(Cc3cc(OC)cc(C)c31)C(=O)N(CC)C21CCN(Cc2cc(OC)cc(OC)c2)CC1. The third kappa shape index (κ3) is 4.86. The molecule has 1 spiro atoms. The number of allylic oxidation sites excluding steroid dienone is 1. The maximum atomic E-state index is 14.0. The normalized spacial score (nSPS) is 20.4. The highest BCUT2D eigenvalue weighted by molar-refractivity contribution is 5.83. The summed E-state index contributed by atoms with van der Waals surface area (Å²) in [6.45, 7) is 10.5. The van der Waals surface area contributed by atoms with E-state index in [9.17, 15) is 4.79 Å². The zero-order chi connectivity index (χ0) is 27.7. The van der Waals surface area contributed by atoms with Crippen molar-refractivity contribution in [3.05, 3.63) is 64.4 Å². The molecule has 0 N–H and O–H groups in total. The second-order valence-corrected chi connectivity index (χ2v) is 11.1. The topological polar surface area (TPSA) is 54.5 Å². The molecule has 2 saturated heterocycles. The lowest BCUT2D eigenvalue weighted by Gasteiger charge is -2.44. The average Bonchev–Trinajstić information content (AvgIpc) is 3.04. The van der Waals surface area contributed by atoms with Gasteiger partial charge in [0.05, 0.1) is 33.4 Å². The Morgan fingerprint density at radius 3 is 2.15 bits per heavy atom. The molecule has 2 amide bonds. The van der Waals surface area contributed by atoms with Gasteiger partial charge in [0.2, 0.25) is 0 Å². The molecule has 1 unspecified atom stereocenters.